The first kappa shape index (κ1) is 87.1. The number of hydrogen-bond acceptors (Lipinski definition) is 15. The van der Waals surface area contributed by atoms with Crippen LogP contribution in [-0.4, -0.2) is 96.7 Å². The Balaban J connectivity index is 5.08. The van der Waals surface area contributed by atoms with Crippen molar-refractivity contribution in [3.8, 4) is 0 Å². The van der Waals surface area contributed by atoms with Gasteiger partial charge >= 0.3 is 39.5 Å². The molecule has 0 radical (unpaired) electrons. The van der Waals surface area contributed by atoms with Crippen LogP contribution in [0.1, 0.15) is 356 Å². The van der Waals surface area contributed by atoms with E-state index in [1.165, 1.54) is 161 Å². The van der Waals surface area contributed by atoms with Crippen molar-refractivity contribution in [2.24, 2.45) is 11.8 Å². The van der Waals surface area contributed by atoms with Crippen molar-refractivity contribution in [1.82, 2.24) is 0 Å². The highest BCUT2D eigenvalue weighted by molar-refractivity contribution is 7.47. The molecule has 0 aliphatic heterocycles. The quantitative estimate of drug-likeness (QED) is 0.0222. The van der Waals surface area contributed by atoms with Crippen LogP contribution in [-0.2, 0) is 65.4 Å². The summed E-state index contributed by atoms with van der Waals surface area (Å²) >= 11 is 0. The number of phosphoric acid groups is 2. The number of aliphatic hydroxyl groups excluding tert-OH is 1. The van der Waals surface area contributed by atoms with Gasteiger partial charge in [0.2, 0.25) is 0 Å². The minimum atomic E-state index is -4.95. The van der Waals surface area contributed by atoms with E-state index in [0.29, 0.717) is 25.7 Å². The predicted octanol–water partition coefficient (Wildman–Crippen LogP) is 20.0. The molecule has 0 spiro atoms. The second-order valence-electron chi connectivity index (χ2n) is 26.0. The van der Waals surface area contributed by atoms with Gasteiger partial charge in [-0.05, 0) is 37.5 Å². The smallest absolute Gasteiger partial charge is 0.462 e. The topological polar surface area (TPSA) is 237 Å². The van der Waals surface area contributed by atoms with E-state index in [0.717, 1.165) is 115 Å². The van der Waals surface area contributed by atoms with Crippen LogP contribution in [0.5, 0.6) is 0 Å². The molecule has 3 unspecified atom stereocenters. The van der Waals surface area contributed by atoms with Crippen molar-refractivity contribution >= 4 is 39.5 Å². The molecule has 17 nitrogen and oxygen atoms in total. The normalized spacial score (nSPS) is 14.4. The molecule has 0 fully saturated rings. The van der Waals surface area contributed by atoms with Crippen LogP contribution < -0.4 is 0 Å². The van der Waals surface area contributed by atoms with Crippen molar-refractivity contribution < 1.29 is 80.2 Å². The highest BCUT2D eigenvalue weighted by Gasteiger charge is 2.30. The molecule has 0 aliphatic carbocycles. The van der Waals surface area contributed by atoms with E-state index < -0.39 is 97.5 Å². The van der Waals surface area contributed by atoms with Gasteiger partial charge in [-0.3, -0.25) is 37.3 Å². The Hall–Kier alpha value is -1.94. The monoisotopic (exact) mass is 1310 g/mol. The summed E-state index contributed by atoms with van der Waals surface area (Å²) in [6, 6.07) is 0. The summed E-state index contributed by atoms with van der Waals surface area (Å²) in [5, 5.41) is 10.5. The maximum absolute atomic E-state index is 13.0. The van der Waals surface area contributed by atoms with E-state index in [1.54, 1.807) is 0 Å². The zero-order valence-corrected chi connectivity index (χ0v) is 59.5. The summed E-state index contributed by atoms with van der Waals surface area (Å²) in [6.45, 7) is 9.50. The van der Waals surface area contributed by atoms with E-state index in [-0.39, 0.29) is 25.7 Å². The Bertz CT molecular complexity index is 1740. The van der Waals surface area contributed by atoms with Gasteiger partial charge in [0.15, 0.2) is 12.2 Å². The molecule has 0 amide bonds. The minimum Gasteiger partial charge on any atom is -0.462 e. The summed E-state index contributed by atoms with van der Waals surface area (Å²) in [5.74, 6) is -0.497. The summed E-state index contributed by atoms with van der Waals surface area (Å²) in [4.78, 5) is 72.1. The average molecular weight is 1310 g/mol. The second-order valence-corrected chi connectivity index (χ2v) is 28.9. The number of aliphatic hydroxyl groups is 1. The molecule has 0 aromatic carbocycles. The van der Waals surface area contributed by atoms with Crippen molar-refractivity contribution in [3.63, 3.8) is 0 Å². The third-order valence-electron chi connectivity index (χ3n) is 16.6. The van der Waals surface area contributed by atoms with Crippen molar-refractivity contribution in [2.45, 2.75) is 374 Å². The van der Waals surface area contributed by atoms with Gasteiger partial charge in [-0.25, -0.2) is 9.13 Å². The summed E-state index contributed by atoms with van der Waals surface area (Å²) < 4.78 is 67.9. The van der Waals surface area contributed by atoms with E-state index in [9.17, 15) is 43.2 Å². The Kier molecular flexibility index (Phi) is 60.8. The Morgan fingerprint density at radius 3 is 0.854 bits per heavy atom. The van der Waals surface area contributed by atoms with E-state index in [4.69, 9.17) is 37.0 Å². The lowest BCUT2D eigenvalue weighted by atomic mass is 9.99. The highest BCUT2D eigenvalue weighted by Crippen LogP contribution is 2.45. The van der Waals surface area contributed by atoms with Gasteiger partial charge in [-0.15, -0.1) is 0 Å². The number of carbonyl (C=O) groups is 4. The summed E-state index contributed by atoms with van der Waals surface area (Å²) in [5.41, 5.74) is 0. The number of ether oxygens (including phenoxy) is 4. The van der Waals surface area contributed by atoms with Crippen molar-refractivity contribution in [3.05, 3.63) is 0 Å². The molecular formula is C70H136O17P2. The Labute approximate surface area is 543 Å². The van der Waals surface area contributed by atoms with Crippen LogP contribution in [0.4, 0.5) is 0 Å². The van der Waals surface area contributed by atoms with E-state index in [1.807, 2.05) is 0 Å². The fourth-order valence-corrected chi connectivity index (χ4v) is 12.1. The second kappa shape index (κ2) is 62.2. The fourth-order valence-electron chi connectivity index (χ4n) is 10.6. The first-order chi connectivity index (χ1) is 42.9. The summed E-state index contributed by atoms with van der Waals surface area (Å²) in [7, 11) is -9.88. The molecule has 0 bridgehead atoms. The number of hydrogen-bond donors (Lipinski definition) is 3. The first-order valence-electron chi connectivity index (χ1n) is 36.5. The fraction of sp³-hybridized carbons (Fsp3) is 0.943. The molecule has 19 heteroatoms. The standard InChI is InChI=1S/C70H136O17P2/c1-7-10-12-14-15-35-42-48-54-69(74)86-65(58-80-67(72)52-46-38-13-11-8-2)60-84-88(76,77)82-56-64(71)57-83-89(78,79)85-61-66(59-81-68(73)53-47-41-36-31-28-24-25-29-33-39-44-50-62(4)5)87-70(75)55-49-43-37-32-27-23-21-19-17-16-18-20-22-26-30-34-40-45-51-63(6)9-3/h62-66,71H,7-61H2,1-6H3,(H,76,77)(H,78,79)/t63?,64-,65+,66+/m0/s1. The molecule has 0 aromatic heterocycles. The van der Waals surface area contributed by atoms with Gasteiger partial charge in [0.1, 0.15) is 19.3 Å². The van der Waals surface area contributed by atoms with Gasteiger partial charge in [-0.2, -0.15) is 0 Å². The van der Waals surface area contributed by atoms with Crippen LogP contribution >= 0.6 is 15.6 Å². The Morgan fingerprint density at radius 1 is 0.326 bits per heavy atom. The van der Waals surface area contributed by atoms with Crippen molar-refractivity contribution in [1.29, 1.82) is 0 Å². The molecule has 3 N–H and O–H groups in total. The lowest BCUT2D eigenvalue weighted by Gasteiger charge is -2.21. The molecule has 0 saturated heterocycles. The molecular weight excluding hydrogens is 1170 g/mol. The molecule has 0 aliphatic rings. The summed E-state index contributed by atoms with van der Waals surface area (Å²) in [6.07, 6.45) is 47.8. The van der Waals surface area contributed by atoms with Gasteiger partial charge in [0.25, 0.3) is 0 Å². The molecule has 0 aromatic rings. The van der Waals surface area contributed by atoms with E-state index in [2.05, 4.69) is 41.5 Å². The SMILES string of the molecule is CCCCCCCCCCC(=O)O[C@H](COC(=O)CCCCCCC)COP(=O)(O)OC[C@H](O)COP(=O)(O)OC[C@@H](COC(=O)CCCCCCCCCCCCCC(C)C)OC(=O)CCCCCCCCCCCCCCCCCCCCC(C)CC. The number of unbranched alkanes of at least 4 members (excludes halogenated alkanes) is 38. The lowest BCUT2D eigenvalue weighted by molar-refractivity contribution is -0.161. The number of phosphoric ester groups is 2. The van der Waals surface area contributed by atoms with Crippen LogP contribution in [0, 0.1) is 11.8 Å². The maximum Gasteiger partial charge on any atom is 0.472 e. The molecule has 0 saturated carbocycles. The average Bonchev–Trinajstić information content (AvgIpc) is 3.70. The minimum absolute atomic E-state index is 0.104. The number of carbonyl (C=O) groups excluding carboxylic acids is 4. The predicted molar refractivity (Wildman–Crippen MR) is 358 cm³/mol. The number of esters is 4. The van der Waals surface area contributed by atoms with Crippen LogP contribution in [0.15, 0.2) is 0 Å². The van der Waals surface area contributed by atoms with E-state index >= 15 is 0 Å². The molecule has 528 valence electrons. The largest absolute Gasteiger partial charge is 0.472 e. The van der Waals surface area contributed by atoms with Crippen molar-refractivity contribution in [2.75, 3.05) is 39.6 Å². The number of rotatable bonds is 69. The molecule has 89 heavy (non-hydrogen) atoms. The third kappa shape index (κ3) is 63.2. The van der Waals surface area contributed by atoms with Gasteiger partial charge < -0.3 is 33.8 Å². The lowest BCUT2D eigenvalue weighted by Crippen LogP contribution is -2.30. The highest BCUT2D eigenvalue weighted by atomic mass is 31.2. The zero-order chi connectivity index (χ0) is 65.7. The van der Waals surface area contributed by atoms with Gasteiger partial charge in [0.05, 0.1) is 26.4 Å². The van der Waals surface area contributed by atoms with Gasteiger partial charge in [0, 0.05) is 25.7 Å². The third-order valence-corrected chi connectivity index (χ3v) is 18.5. The molecule has 0 rings (SSSR count). The Morgan fingerprint density at radius 2 is 0.573 bits per heavy atom. The van der Waals surface area contributed by atoms with Crippen LogP contribution in [0.25, 0.3) is 0 Å². The van der Waals surface area contributed by atoms with Crippen LogP contribution in [0.2, 0.25) is 0 Å². The van der Waals surface area contributed by atoms with Crippen LogP contribution in [0.3, 0.4) is 0 Å². The van der Waals surface area contributed by atoms with Gasteiger partial charge in [-0.1, -0.05) is 305 Å². The first-order valence-corrected chi connectivity index (χ1v) is 39.5. The molecule has 6 atom stereocenters. The molecule has 0 heterocycles. The zero-order valence-electron chi connectivity index (χ0n) is 57.7. The maximum atomic E-state index is 13.0.